The van der Waals surface area contributed by atoms with Crippen LogP contribution < -0.4 is 0 Å². The number of H-pyrrole nitrogens is 2. The Morgan fingerprint density at radius 2 is 1.29 bits per heavy atom. The van der Waals surface area contributed by atoms with E-state index in [1.54, 1.807) is 0 Å². The van der Waals surface area contributed by atoms with E-state index in [-0.39, 0.29) is 30.9 Å². The first-order valence-electron chi connectivity index (χ1n) is 4.06. The summed E-state index contributed by atoms with van der Waals surface area (Å²) in [7, 11) is 0. The smallest absolute Gasteiger partial charge is 0.353 e. The zero-order valence-corrected chi connectivity index (χ0v) is 11.6. The van der Waals surface area contributed by atoms with Gasteiger partial charge in [-0.15, -0.1) is 0 Å². The van der Waals surface area contributed by atoms with Crippen LogP contribution in [0.1, 0.15) is 21.0 Å². The molecule has 0 amide bonds. The van der Waals surface area contributed by atoms with Crippen molar-refractivity contribution >= 4 is 11.9 Å². The van der Waals surface area contributed by atoms with Gasteiger partial charge in [0.2, 0.25) is 0 Å². The minimum Gasteiger partial charge on any atom is -0.477 e. The molecular formula is C8H8N4O4Zn. The van der Waals surface area contributed by atoms with Crippen molar-refractivity contribution in [2.24, 2.45) is 0 Å². The van der Waals surface area contributed by atoms with Gasteiger partial charge in [-0.05, 0) is 12.1 Å². The summed E-state index contributed by atoms with van der Waals surface area (Å²) in [6, 6.07) is 2.78. The van der Waals surface area contributed by atoms with Crippen LogP contribution in [-0.4, -0.2) is 42.5 Å². The second-order valence-electron chi connectivity index (χ2n) is 2.55. The zero-order chi connectivity index (χ0) is 12.0. The minimum absolute atomic E-state index is 0. The van der Waals surface area contributed by atoms with Gasteiger partial charge in [-0.25, -0.2) is 9.59 Å². The van der Waals surface area contributed by atoms with E-state index in [2.05, 4.69) is 20.4 Å². The van der Waals surface area contributed by atoms with Gasteiger partial charge in [0.1, 0.15) is 11.4 Å². The monoisotopic (exact) mass is 288 g/mol. The van der Waals surface area contributed by atoms with Crippen molar-refractivity contribution < 1.29 is 39.3 Å². The Balaban J connectivity index is 0.000000284. The zero-order valence-electron chi connectivity index (χ0n) is 8.62. The number of carbonyl (C=O) groups is 2. The predicted molar refractivity (Wildman–Crippen MR) is 51.1 cm³/mol. The third-order valence-electron chi connectivity index (χ3n) is 1.46. The maximum absolute atomic E-state index is 9.99. The fourth-order valence-corrected chi connectivity index (χ4v) is 0.750. The van der Waals surface area contributed by atoms with E-state index in [0.717, 1.165) is 0 Å². The molecular weight excluding hydrogens is 282 g/mol. The van der Waals surface area contributed by atoms with E-state index in [1.165, 1.54) is 24.5 Å². The van der Waals surface area contributed by atoms with Crippen LogP contribution in [0.25, 0.3) is 0 Å². The number of carboxylic acids is 2. The van der Waals surface area contributed by atoms with Gasteiger partial charge in [0.15, 0.2) is 0 Å². The van der Waals surface area contributed by atoms with Crippen LogP contribution in [-0.2, 0) is 19.5 Å². The Labute approximate surface area is 108 Å². The fourth-order valence-electron chi connectivity index (χ4n) is 0.750. The molecule has 0 spiro atoms. The first kappa shape index (κ1) is 15.0. The summed E-state index contributed by atoms with van der Waals surface area (Å²) in [6.45, 7) is 0. The Bertz CT molecular complexity index is 410. The van der Waals surface area contributed by atoms with Gasteiger partial charge >= 0.3 is 11.9 Å². The van der Waals surface area contributed by atoms with Crippen molar-refractivity contribution in [1.29, 1.82) is 0 Å². The number of aromatic nitrogens is 4. The number of rotatable bonds is 2. The summed E-state index contributed by atoms with van der Waals surface area (Å²) in [4.78, 5) is 20.0. The van der Waals surface area contributed by atoms with Gasteiger partial charge in [0.05, 0.1) is 0 Å². The normalized spacial score (nSPS) is 8.47. The van der Waals surface area contributed by atoms with Crippen LogP contribution in [0.5, 0.6) is 0 Å². The van der Waals surface area contributed by atoms with Crippen LogP contribution in [0.2, 0.25) is 0 Å². The molecule has 0 aliphatic heterocycles. The molecule has 0 aliphatic carbocycles. The van der Waals surface area contributed by atoms with Crippen LogP contribution >= 0.6 is 0 Å². The Hall–Kier alpha value is -2.02. The third kappa shape index (κ3) is 5.03. The maximum Gasteiger partial charge on any atom is 0.353 e. The number of aromatic amines is 2. The molecule has 2 aromatic rings. The van der Waals surface area contributed by atoms with Crippen molar-refractivity contribution in [2.45, 2.75) is 0 Å². The summed E-state index contributed by atoms with van der Waals surface area (Å²) < 4.78 is 0. The molecule has 2 aromatic heterocycles. The number of hydrogen-bond donors (Lipinski definition) is 4. The van der Waals surface area contributed by atoms with Crippen LogP contribution in [0, 0.1) is 0 Å². The Morgan fingerprint density at radius 3 is 1.41 bits per heavy atom. The summed E-state index contributed by atoms with van der Waals surface area (Å²) in [6.07, 6.45) is 2.78. The molecule has 0 aromatic carbocycles. The molecule has 9 heteroatoms. The first-order valence-corrected chi connectivity index (χ1v) is 4.06. The molecule has 0 aliphatic rings. The van der Waals surface area contributed by atoms with E-state index >= 15 is 0 Å². The summed E-state index contributed by atoms with van der Waals surface area (Å²) in [5, 5.41) is 27.9. The average Bonchev–Trinajstić information content (AvgIpc) is 2.93. The van der Waals surface area contributed by atoms with E-state index < -0.39 is 11.9 Å². The fraction of sp³-hybridized carbons (Fsp3) is 0. The second-order valence-corrected chi connectivity index (χ2v) is 2.55. The SMILES string of the molecule is O=C(O)c1ccn[nH]1.O=C(O)c1ccn[nH]1.[Zn]. The molecule has 0 unspecified atom stereocenters. The molecule has 0 fully saturated rings. The topological polar surface area (TPSA) is 132 Å². The first-order chi connectivity index (χ1) is 7.61. The Kier molecular flexibility index (Phi) is 6.42. The van der Waals surface area contributed by atoms with E-state index in [4.69, 9.17) is 10.2 Å². The van der Waals surface area contributed by atoms with Crippen molar-refractivity contribution in [2.75, 3.05) is 0 Å². The molecule has 0 saturated carbocycles. The molecule has 0 radical (unpaired) electrons. The van der Waals surface area contributed by atoms with Crippen molar-refractivity contribution in [1.82, 2.24) is 20.4 Å². The molecule has 0 atom stereocenters. The number of nitrogens with one attached hydrogen (secondary N) is 2. The van der Waals surface area contributed by atoms with Gasteiger partial charge in [-0.3, -0.25) is 10.2 Å². The van der Waals surface area contributed by atoms with Gasteiger partial charge in [-0.1, -0.05) is 0 Å². The standard InChI is InChI=1S/2C4H4N2O2.Zn/c2*7-4(8)3-1-2-5-6-3;/h2*1-2H,(H,5,6)(H,7,8);. The molecule has 0 saturated heterocycles. The molecule has 17 heavy (non-hydrogen) atoms. The van der Waals surface area contributed by atoms with Gasteiger partial charge in [0, 0.05) is 31.9 Å². The van der Waals surface area contributed by atoms with Crippen LogP contribution in [0.4, 0.5) is 0 Å². The maximum atomic E-state index is 9.99. The summed E-state index contributed by atoms with van der Waals surface area (Å²) in [5.41, 5.74) is 0.231. The third-order valence-corrected chi connectivity index (χ3v) is 1.46. The Morgan fingerprint density at radius 1 is 0.941 bits per heavy atom. The van der Waals surface area contributed by atoms with Gasteiger partial charge < -0.3 is 10.2 Å². The van der Waals surface area contributed by atoms with Crippen LogP contribution in [0.3, 0.4) is 0 Å². The number of aromatic carboxylic acids is 2. The number of nitrogens with zero attached hydrogens (tertiary/aromatic N) is 2. The molecule has 2 heterocycles. The minimum atomic E-state index is -0.984. The van der Waals surface area contributed by atoms with Crippen molar-refractivity contribution in [3.63, 3.8) is 0 Å². The summed E-state index contributed by atoms with van der Waals surface area (Å²) in [5.74, 6) is -1.97. The summed E-state index contributed by atoms with van der Waals surface area (Å²) >= 11 is 0. The number of hydrogen-bond acceptors (Lipinski definition) is 4. The van der Waals surface area contributed by atoms with Crippen LogP contribution in [0.15, 0.2) is 24.5 Å². The van der Waals surface area contributed by atoms with E-state index in [1.807, 2.05) is 0 Å². The number of carboxylic acid groups (broad SMARTS) is 2. The second kappa shape index (κ2) is 7.29. The average molecular weight is 290 g/mol. The van der Waals surface area contributed by atoms with Crippen molar-refractivity contribution in [3.8, 4) is 0 Å². The molecule has 86 valence electrons. The molecule has 8 nitrogen and oxygen atoms in total. The predicted octanol–water partition coefficient (Wildman–Crippen LogP) is 0.213. The quantitative estimate of drug-likeness (QED) is 0.584. The molecule has 4 N–H and O–H groups in total. The van der Waals surface area contributed by atoms with Gasteiger partial charge in [0.25, 0.3) is 0 Å². The molecule has 2 rings (SSSR count). The van der Waals surface area contributed by atoms with E-state index in [0.29, 0.717) is 0 Å². The molecule has 0 bridgehead atoms. The van der Waals surface area contributed by atoms with Gasteiger partial charge in [-0.2, -0.15) is 10.2 Å². The van der Waals surface area contributed by atoms with Crippen molar-refractivity contribution in [3.05, 3.63) is 35.9 Å². The largest absolute Gasteiger partial charge is 0.477 e. The van der Waals surface area contributed by atoms with E-state index in [9.17, 15) is 9.59 Å².